The number of para-hydroxylation sites is 1. The van der Waals surface area contributed by atoms with Gasteiger partial charge >= 0.3 is 0 Å². The van der Waals surface area contributed by atoms with Gasteiger partial charge in [-0.1, -0.05) is 12.1 Å². The molecule has 102 valence electrons. The number of ether oxygens (including phenoxy) is 2. The molecule has 0 spiro atoms. The highest BCUT2D eigenvalue weighted by Crippen LogP contribution is 2.41. The second kappa shape index (κ2) is 4.87. The van der Waals surface area contributed by atoms with Gasteiger partial charge in [0.25, 0.3) is 0 Å². The molecular weight excluding hydrogens is 242 g/mol. The predicted octanol–water partition coefficient (Wildman–Crippen LogP) is 2.45. The Balaban J connectivity index is 2.14. The molecule has 4 nitrogen and oxygen atoms in total. The zero-order valence-corrected chi connectivity index (χ0v) is 11.1. The monoisotopic (exact) mass is 261 g/mol. The lowest BCUT2D eigenvalue weighted by Gasteiger charge is -2.35. The molecule has 2 N–H and O–H groups in total. The normalized spacial score (nSPS) is 18.6. The van der Waals surface area contributed by atoms with Gasteiger partial charge in [-0.25, -0.2) is 0 Å². The lowest BCUT2D eigenvalue weighted by molar-refractivity contribution is 0.0532. The number of fused-ring (bicyclic) bond motifs is 1. The van der Waals surface area contributed by atoms with Gasteiger partial charge in [-0.2, -0.15) is 0 Å². The maximum Gasteiger partial charge on any atom is 0.175 e. The van der Waals surface area contributed by atoms with E-state index in [1.54, 1.807) is 7.11 Å². The van der Waals surface area contributed by atoms with Crippen LogP contribution in [0.5, 0.6) is 5.75 Å². The van der Waals surface area contributed by atoms with E-state index in [1.807, 2.05) is 18.4 Å². The van der Waals surface area contributed by atoms with Crippen molar-refractivity contribution in [2.24, 2.45) is 5.73 Å². The van der Waals surface area contributed by atoms with Crippen molar-refractivity contribution in [2.75, 3.05) is 26.9 Å². The summed E-state index contributed by atoms with van der Waals surface area (Å²) in [7, 11) is 1.66. The number of benzene rings is 1. The Bertz CT molecular complexity index is 570. The van der Waals surface area contributed by atoms with Crippen molar-refractivity contribution in [3.8, 4) is 5.75 Å². The smallest absolute Gasteiger partial charge is 0.175 e. The number of hydrogen-bond donors (Lipinski definition) is 1. The van der Waals surface area contributed by atoms with E-state index in [-0.39, 0.29) is 5.41 Å². The average molecular weight is 261 g/mol. The first kappa shape index (κ1) is 12.5. The van der Waals surface area contributed by atoms with Crippen LogP contribution < -0.4 is 10.5 Å². The second-order valence-corrected chi connectivity index (χ2v) is 5.08. The SMILES string of the molecule is COc1cccc2c(C3(CN)CCOCC3)coc12. The minimum absolute atomic E-state index is 0.0319. The lowest BCUT2D eigenvalue weighted by atomic mass is 9.74. The molecule has 0 saturated carbocycles. The summed E-state index contributed by atoms with van der Waals surface area (Å²) in [6.07, 6.45) is 3.72. The first-order valence-electron chi connectivity index (χ1n) is 6.63. The maximum atomic E-state index is 6.06. The highest BCUT2D eigenvalue weighted by Gasteiger charge is 2.36. The lowest BCUT2D eigenvalue weighted by Crippen LogP contribution is -2.40. The number of rotatable bonds is 3. The Labute approximate surface area is 112 Å². The molecule has 0 unspecified atom stereocenters. The van der Waals surface area contributed by atoms with Gasteiger partial charge in [-0.3, -0.25) is 0 Å². The van der Waals surface area contributed by atoms with E-state index in [9.17, 15) is 0 Å². The van der Waals surface area contributed by atoms with Crippen molar-refractivity contribution in [1.29, 1.82) is 0 Å². The van der Waals surface area contributed by atoms with Crippen molar-refractivity contribution in [2.45, 2.75) is 18.3 Å². The quantitative estimate of drug-likeness (QED) is 0.922. The first-order chi connectivity index (χ1) is 9.30. The third-order valence-corrected chi connectivity index (χ3v) is 4.20. The average Bonchev–Trinajstić information content (AvgIpc) is 2.92. The van der Waals surface area contributed by atoms with Gasteiger partial charge in [0, 0.05) is 36.1 Å². The Morgan fingerprint density at radius 3 is 2.79 bits per heavy atom. The first-order valence-corrected chi connectivity index (χ1v) is 6.63. The van der Waals surface area contributed by atoms with E-state index in [0.29, 0.717) is 6.54 Å². The van der Waals surface area contributed by atoms with E-state index in [4.69, 9.17) is 19.6 Å². The fraction of sp³-hybridized carbons (Fsp3) is 0.467. The van der Waals surface area contributed by atoms with Gasteiger partial charge in [0.15, 0.2) is 11.3 Å². The topological polar surface area (TPSA) is 57.6 Å². The molecule has 1 aromatic heterocycles. The summed E-state index contributed by atoms with van der Waals surface area (Å²) < 4.78 is 16.5. The standard InChI is InChI=1S/C15H19NO3/c1-17-13-4-2-3-11-12(9-19-14(11)13)15(10-16)5-7-18-8-6-15/h2-4,9H,5-8,10,16H2,1H3. The molecule has 0 amide bonds. The molecule has 0 atom stereocenters. The van der Waals surface area contributed by atoms with Gasteiger partial charge in [0.2, 0.25) is 0 Å². The largest absolute Gasteiger partial charge is 0.493 e. The highest BCUT2D eigenvalue weighted by molar-refractivity contribution is 5.87. The highest BCUT2D eigenvalue weighted by atomic mass is 16.5. The van der Waals surface area contributed by atoms with Gasteiger partial charge in [0.05, 0.1) is 13.4 Å². The molecule has 4 heteroatoms. The zero-order valence-electron chi connectivity index (χ0n) is 11.1. The Morgan fingerprint density at radius 2 is 2.11 bits per heavy atom. The van der Waals surface area contributed by atoms with Crippen LogP contribution in [0, 0.1) is 0 Å². The second-order valence-electron chi connectivity index (χ2n) is 5.08. The van der Waals surface area contributed by atoms with Gasteiger partial charge < -0.3 is 19.6 Å². The van der Waals surface area contributed by atoms with Crippen molar-refractivity contribution < 1.29 is 13.9 Å². The Kier molecular flexibility index (Phi) is 3.21. The molecule has 1 saturated heterocycles. The van der Waals surface area contributed by atoms with E-state index in [2.05, 4.69) is 6.07 Å². The number of hydrogen-bond acceptors (Lipinski definition) is 4. The summed E-state index contributed by atoms with van der Waals surface area (Å²) in [5, 5.41) is 1.10. The molecule has 19 heavy (non-hydrogen) atoms. The molecule has 0 radical (unpaired) electrons. The summed E-state index contributed by atoms with van der Waals surface area (Å²) in [4.78, 5) is 0. The van der Waals surface area contributed by atoms with E-state index in [1.165, 1.54) is 5.56 Å². The van der Waals surface area contributed by atoms with E-state index >= 15 is 0 Å². The fourth-order valence-electron chi connectivity index (χ4n) is 2.95. The molecular formula is C15H19NO3. The van der Waals surface area contributed by atoms with Crippen LogP contribution in [-0.4, -0.2) is 26.9 Å². The molecule has 1 aromatic carbocycles. The molecule has 1 aliphatic rings. The molecule has 1 fully saturated rings. The zero-order chi connectivity index (χ0) is 13.3. The van der Waals surface area contributed by atoms with Crippen LogP contribution in [0.3, 0.4) is 0 Å². The minimum atomic E-state index is -0.0319. The van der Waals surface area contributed by atoms with Gasteiger partial charge in [-0.15, -0.1) is 0 Å². The molecule has 3 rings (SSSR count). The predicted molar refractivity (Wildman–Crippen MR) is 73.6 cm³/mol. The third-order valence-electron chi connectivity index (χ3n) is 4.20. The number of methoxy groups -OCH3 is 1. The van der Waals surface area contributed by atoms with Crippen molar-refractivity contribution in [3.63, 3.8) is 0 Å². The summed E-state index contributed by atoms with van der Waals surface area (Å²) in [6.45, 7) is 2.13. The van der Waals surface area contributed by atoms with E-state index in [0.717, 1.165) is 42.8 Å². The Morgan fingerprint density at radius 1 is 1.32 bits per heavy atom. The van der Waals surface area contributed by atoms with Crippen LogP contribution in [0.1, 0.15) is 18.4 Å². The van der Waals surface area contributed by atoms with E-state index < -0.39 is 0 Å². The van der Waals surface area contributed by atoms with Crippen LogP contribution in [0.4, 0.5) is 0 Å². The summed E-state index contributed by atoms with van der Waals surface area (Å²) in [6, 6.07) is 5.97. The molecule has 2 aromatic rings. The third kappa shape index (κ3) is 1.91. The molecule has 0 aliphatic carbocycles. The van der Waals surface area contributed by atoms with Crippen LogP contribution in [0.15, 0.2) is 28.9 Å². The van der Waals surface area contributed by atoms with Gasteiger partial charge in [-0.05, 0) is 18.9 Å². The summed E-state index contributed by atoms with van der Waals surface area (Å²) in [5.74, 6) is 0.767. The molecule has 0 bridgehead atoms. The van der Waals surface area contributed by atoms with Crippen molar-refractivity contribution >= 4 is 11.0 Å². The number of nitrogens with two attached hydrogens (primary N) is 1. The van der Waals surface area contributed by atoms with Crippen LogP contribution in [-0.2, 0) is 10.2 Å². The van der Waals surface area contributed by atoms with Gasteiger partial charge in [0.1, 0.15) is 0 Å². The molecule has 2 heterocycles. The van der Waals surface area contributed by atoms with Crippen LogP contribution >= 0.6 is 0 Å². The number of furan rings is 1. The summed E-state index contributed by atoms with van der Waals surface area (Å²) >= 11 is 0. The van der Waals surface area contributed by atoms with Crippen molar-refractivity contribution in [1.82, 2.24) is 0 Å². The summed E-state index contributed by atoms with van der Waals surface area (Å²) in [5.41, 5.74) is 8.02. The van der Waals surface area contributed by atoms with Crippen molar-refractivity contribution in [3.05, 3.63) is 30.0 Å². The maximum absolute atomic E-state index is 6.06. The Hall–Kier alpha value is -1.52. The minimum Gasteiger partial charge on any atom is -0.493 e. The van der Waals surface area contributed by atoms with Crippen LogP contribution in [0.25, 0.3) is 11.0 Å². The van der Waals surface area contributed by atoms with Crippen LogP contribution in [0.2, 0.25) is 0 Å². The molecule has 1 aliphatic heterocycles. The fourth-order valence-corrected chi connectivity index (χ4v) is 2.95.